The monoisotopic (exact) mass is 310 g/mol. The molecule has 0 spiro atoms. The average Bonchev–Trinajstić information content (AvgIpc) is 2.82. The fraction of sp³-hybridized carbons (Fsp3) is 0.0588. The zero-order valence-corrected chi connectivity index (χ0v) is 12.8. The Kier molecular flexibility index (Phi) is 3.89. The molecule has 22 heavy (non-hydrogen) atoms. The van der Waals surface area contributed by atoms with Gasteiger partial charge in [-0.05, 0) is 48.1 Å². The second kappa shape index (κ2) is 5.99. The van der Waals surface area contributed by atoms with Gasteiger partial charge in [0.2, 0.25) is 0 Å². The van der Waals surface area contributed by atoms with Crippen molar-refractivity contribution in [1.29, 1.82) is 0 Å². The summed E-state index contributed by atoms with van der Waals surface area (Å²) in [6.07, 6.45) is 1.76. The van der Waals surface area contributed by atoms with Crippen molar-refractivity contribution in [2.75, 3.05) is 12.0 Å². The van der Waals surface area contributed by atoms with Crippen LogP contribution in [0.25, 0.3) is 6.08 Å². The highest BCUT2D eigenvalue weighted by molar-refractivity contribution is 7.80. The molecule has 0 aliphatic carbocycles. The molecule has 3 rings (SSSR count). The summed E-state index contributed by atoms with van der Waals surface area (Å²) in [5.41, 5.74) is 2.06. The third-order valence-corrected chi connectivity index (χ3v) is 3.58. The SMILES string of the molecule is COc1cccc(/C=C2\NC(=S)N(c3ccccc3)C2=O)c1. The summed E-state index contributed by atoms with van der Waals surface area (Å²) in [6.45, 7) is 0. The Morgan fingerprint density at radius 1 is 1.14 bits per heavy atom. The van der Waals surface area contributed by atoms with E-state index in [2.05, 4.69) is 5.32 Å². The van der Waals surface area contributed by atoms with Crippen molar-refractivity contribution in [2.45, 2.75) is 0 Å². The molecule has 5 heteroatoms. The highest BCUT2D eigenvalue weighted by Gasteiger charge is 2.31. The fourth-order valence-corrected chi connectivity index (χ4v) is 2.54. The molecule has 1 heterocycles. The molecule has 0 radical (unpaired) electrons. The summed E-state index contributed by atoms with van der Waals surface area (Å²) in [5.74, 6) is 0.571. The van der Waals surface area contributed by atoms with Gasteiger partial charge >= 0.3 is 0 Å². The number of nitrogens with one attached hydrogen (secondary N) is 1. The zero-order valence-electron chi connectivity index (χ0n) is 11.9. The van der Waals surface area contributed by atoms with Gasteiger partial charge in [0.1, 0.15) is 11.4 Å². The van der Waals surface area contributed by atoms with Crippen LogP contribution in [0.1, 0.15) is 5.56 Å². The van der Waals surface area contributed by atoms with Crippen molar-refractivity contribution in [3.63, 3.8) is 0 Å². The Morgan fingerprint density at radius 3 is 2.64 bits per heavy atom. The molecule has 2 aromatic rings. The van der Waals surface area contributed by atoms with Crippen LogP contribution < -0.4 is 15.0 Å². The summed E-state index contributed by atoms with van der Waals surface area (Å²) < 4.78 is 5.19. The van der Waals surface area contributed by atoms with Gasteiger partial charge in [-0.2, -0.15) is 0 Å². The van der Waals surface area contributed by atoms with Crippen molar-refractivity contribution in [1.82, 2.24) is 5.32 Å². The van der Waals surface area contributed by atoms with E-state index in [0.29, 0.717) is 10.8 Å². The van der Waals surface area contributed by atoms with Gasteiger partial charge in [0.25, 0.3) is 5.91 Å². The first-order chi connectivity index (χ1) is 10.7. The summed E-state index contributed by atoms with van der Waals surface area (Å²) in [5, 5.41) is 3.35. The second-order valence-electron chi connectivity index (χ2n) is 4.74. The van der Waals surface area contributed by atoms with Gasteiger partial charge in [-0.25, -0.2) is 0 Å². The van der Waals surface area contributed by atoms with Crippen LogP contribution in [0.5, 0.6) is 5.75 Å². The number of thiocarbonyl (C=S) groups is 1. The van der Waals surface area contributed by atoms with E-state index >= 15 is 0 Å². The topological polar surface area (TPSA) is 41.6 Å². The Balaban J connectivity index is 1.92. The van der Waals surface area contributed by atoms with Gasteiger partial charge in [-0.15, -0.1) is 0 Å². The lowest BCUT2D eigenvalue weighted by atomic mass is 10.2. The van der Waals surface area contributed by atoms with Gasteiger partial charge in [-0.3, -0.25) is 9.69 Å². The van der Waals surface area contributed by atoms with E-state index in [4.69, 9.17) is 17.0 Å². The van der Waals surface area contributed by atoms with Crippen molar-refractivity contribution >= 4 is 35.0 Å². The fourth-order valence-electron chi connectivity index (χ4n) is 2.24. The van der Waals surface area contributed by atoms with Crippen molar-refractivity contribution in [3.05, 3.63) is 65.9 Å². The third kappa shape index (κ3) is 2.71. The molecule has 0 atom stereocenters. The van der Waals surface area contributed by atoms with Crippen LogP contribution in [0.15, 0.2) is 60.3 Å². The van der Waals surface area contributed by atoms with E-state index in [1.807, 2.05) is 54.6 Å². The zero-order chi connectivity index (χ0) is 15.5. The van der Waals surface area contributed by atoms with Crippen molar-refractivity contribution in [2.24, 2.45) is 0 Å². The molecular weight excluding hydrogens is 296 g/mol. The lowest BCUT2D eigenvalue weighted by Gasteiger charge is -2.13. The molecule has 1 fully saturated rings. The van der Waals surface area contributed by atoms with Gasteiger partial charge < -0.3 is 10.1 Å². The summed E-state index contributed by atoms with van der Waals surface area (Å²) in [6, 6.07) is 16.8. The Labute approximate surface area is 134 Å². The number of anilines is 1. The minimum absolute atomic E-state index is 0.168. The first-order valence-corrected chi connectivity index (χ1v) is 7.16. The molecule has 0 unspecified atom stereocenters. The van der Waals surface area contributed by atoms with Gasteiger partial charge in [0, 0.05) is 0 Å². The predicted octanol–water partition coefficient (Wildman–Crippen LogP) is 2.96. The molecule has 4 nitrogen and oxygen atoms in total. The molecule has 1 aliphatic rings. The molecular formula is C17H14N2O2S. The normalized spacial score (nSPS) is 16.0. The van der Waals surface area contributed by atoms with E-state index in [9.17, 15) is 4.79 Å². The number of ether oxygens (including phenoxy) is 1. The van der Waals surface area contributed by atoms with E-state index in [1.165, 1.54) is 4.90 Å². The van der Waals surface area contributed by atoms with E-state index in [0.717, 1.165) is 17.0 Å². The molecule has 1 aliphatic heterocycles. The number of rotatable bonds is 3. The molecule has 110 valence electrons. The first-order valence-electron chi connectivity index (χ1n) is 6.75. The van der Waals surface area contributed by atoms with Gasteiger partial charge in [0.15, 0.2) is 5.11 Å². The summed E-state index contributed by atoms with van der Waals surface area (Å²) in [7, 11) is 1.61. The van der Waals surface area contributed by atoms with E-state index < -0.39 is 0 Å². The van der Waals surface area contributed by atoms with Gasteiger partial charge in [0.05, 0.1) is 12.8 Å². The molecule has 1 amide bonds. The predicted molar refractivity (Wildman–Crippen MR) is 90.6 cm³/mol. The van der Waals surface area contributed by atoms with Crippen molar-refractivity contribution in [3.8, 4) is 5.75 Å². The van der Waals surface area contributed by atoms with Gasteiger partial charge in [-0.1, -0.05) is 30.3 Å². The maximum Gasteiger partial charge on any atom is 0.281 e. The smallest absolute Gasteiger partial charge is 0.281 e. The maximum atomic E-state index is 12.6. The van der Waals surface area contributed by atoms with Crippen LogP contribution in [-0.2, 0) is 4.79 Å². The average molecular weight is 310 g/mol. The highest BCUT2D eigenvalue weighted by atomic mass is 32.1. The first kappa shape index (κ1) is 14.3. The summed E-state index contributed by atoms with van der Waals surface area (Å²) in [4.78, 5) is 14.0. The van der Waals surface area contributed by atoms with Crippen LogP contribution in [0.3, 0.4) is 0 Å². The minimum atomic E-state index is -0.168. The van der Waals surface area contributed by atoms with Crippen LogP contribution in [0, 0.1) is 0 Å². The standard InChI is InChI=1S/C17H14N2O2S/c1-21-14-9-5-6-12(10-14)11-15-16(20)19(17(22)18-15)13-7-3-2-4-8-13/h2-11H,1H3,(H,18,22)/b15-11-. The molecule has 0 bridgehead atoms. The number of hydrogen-bond donors (Lipinski definition) is 1. The third-order valence-electron chi connectivity index (χ3n) is 3.30. The number of methoxy groups -OCH3 is 1. The number of carbonyl (C=O) groups excluding carboxylic acids is 1. The van der Waals surface area contributed by atoms with Crippen LogP contribution in [0.2, 0.25) is 0 Å². The number of amides is 1. The molecule has 2 aromatic carbocycles. The van der Waals surface area contributed by atoms with E-state index in [1.54, 1.807) is 13.2 Å². The Morgan fingerprint density at radius 2 is 1.91 bits per heavy atom. The highest BCUT2D eigenvalue weighted by Crippen LogP contribution is 2.23. The van der Waals surface area contributed by atoms with E-state index in [-0.39, 0.29) is 5.91 Å². The largest absolute Gasteiger partial charge is 0.497 e. The van der Waals surface area contributed by atoms with Crippen LogP contribution in [0.4, 0.5) is 5.69 Å². The van der Waals surface area contributed by atoms with Crippen molar-refractivity contribution < 1.29 is 9.53 Å². The number of nitrogens with zero attached hydrogens (tertiary/aromatic N) is 1. The number of carbonyl (C=O) groups is 1. The number of benzene rings is 2. The quantitative estimate of drug-likeness (QED) is 0.699. The lowest BCUT2D eigenvalue weighted by Crippen LogP contribution is -2.30. The Hall–Kier alpha value is -2.66. The molecule has 1 saturated heterocycles. The number of para-hydroxylation sites is 1. The molecule has 1 N–H and O–H groups in total. The summed E-state index contributed by atoms with van der Waals surface area (Å²) >= 11 is 5.27. The second-order valence-corrected chi connectivity index (χ2v) is 5.13. The van der Waals surface area contributed by atoms with Crippen LogP contribution >= 0.6 is 12.2 Å². The maximum absolute atomic E-state index is 12.6. The Bertz CT molecular complexity index is 756. The lowest BCUT2D eigenvalue weighted by molar-refractivity contribution is -0.113. The molecule has 0 aromatic heterocycles. The van der Waals surface area contributed by atoms with Crippen LogP contribution in [-0.4, -0.2) is 18.1 Å². The minimum Gasteiger partial charge on any atom is -0.497 e. The molecule has 0 saturated carbocycles. The number of hydrogen-bond acceptors (Lipinski definition) is 3.